The van der Waals surface area contributed by atoms with Gasteiger partial charge >= 0.3 is 0 Å². The number of rotatable bonds is 7. The summed E-state index contributed by atoms with van der Waals surface area (Å²) in [6, 6.07) is 14.2. The van der Waals surface area contributed by atoms with Crippen LogP contribution < -0.4 is 5.32 Å². The molecule has 0 saturated carbocycles. The molecule has 1 aliphatic heterocycles. The van der Waals surface area contributed by atoms with Gasteiger partial charge in [-0.25, -0.2) is 8.42 Å². The molecule has 1 N–H and O–H groups in total. The molecule has 3 rings (SSSR count). The molecule has 1 fully saturated rings. The maximum absolute atomic E-state index is 12.5. The molecule has 1 heterocycles. The maximum atomic E-state index is 12.5. The van der Waals surface area contributed by atoms with Crippen LogP contribution in [0.25, 0.3) is 6.08 Å². The van der Waals surface area contributed by atoms with E-state index in [2.05, 4.69) is 10.2 Å². The number of halogens is 2. The van der Waals surface area contributed by atoms with Gasteiger partial charge in [0.1, 0.15) is 0 Å². The lowest BCUT2D eigenvalue weighted by Gasteiger charge is -2.33. The SMILES string of the molecule is O=C(CCN1CCN(S(=O)(=O)/C=C/c2ccccc2)CC1)Nc1cc(Cl)ccc1Cl. The van der Waals surface area contributed by atoms with Gasteiger partial charge in [-0.3, -0.25) is 4.79 Å². The van der Waals surface area contributed by atoms with Gasteiger partial charge in [0.15, 0.2) is 0 Å². The minimum Gasteiger partial charge on any atom is -0.325 e. The molecule has 2 aromatic carbocycles. The predicted octanol–water partition coefficient (Wildman–Crippen LogP) is 3.94. The molecule has 30 heavy (non-hydrogen) atoms. The molecular formula is C21H23Cl2N3O3S. The van der Waals surface area contributed by atoms with E-state index < -0.39 is 10.0 Å². The van der Waals surface area contributed by atoms with Gasteiger partial charge in [0.25, 0.3) is 0 Å². The molecule has 1 amide bonds. The quantitative estimate of drug-likeness (QED) is 0.669. The van der Waals surface area contributed by atoms with Gasteiger partial charge in [-0.15, -0.1) is 0 Å². The van der Waals surface area contributed by atoms with Crippen molar-refractivity contribution in [3.8, 4) is 0 Å². The number of carbonyl (C=O) groups excluding carboxylic acids is 1. The second-order valence-corrected chi connectivity index (χ2v) is 9.58. The fraction of sp³-hybridized carbons (Fsp3) is 0.286. The standard InChI is InChI=1S/C21H23Cl2N3O3S/c22-18-6-7-19(23)20(16-18)24-21(27)8-10-25-11-13-26(14-12-25)30(28,29)15-9-17-4-2-1-3-5-17/h1-7,9,15-16H,8,10-14H2,(H,24,27)/b15-9+. The van der Waals surface area contributed by atoms with Crippen LogP contribution in [-0.4, -0.2) is 56.3 Å². The zero-order chi connectivity index (χ0) is 21.6. The van der Waals surface area contributed by atoms with E-state index in [1.165, 1.54) is 9.71 Å². The van der Waals surface area contributed by atoms with Gasteiger partial charge in [0.05, 0.1) is 10.7 Å². The third kappa shape index (κ3) is 6.55. The van der Waals surface area contributed by atoms with Gasteiger partial charge < -0.3 is 10.2 Å². The van der Waals surface area contributed by atoms with E-state index in [0.29, 0.717) is 48.5 Å². The van der Waals surface area contributed by atoms with Crippen molar-refractivity contribution in [1.82, 2.24) is 9.21 Å². The van der Waals surface area contributed by atoms with Crippen molar-refractivity contribution in [3.05, 3.63) is 69.5 Å². The third-order valence-corrected chi connectivity index (χ3v) is 6.91. The first kappa shape index (κ1) is 22.8. The van der Waals surface area contributed by atoms with Gasteiger partial charge in [-0.1, -0.05) is 53.5 Å². The van der Waals surface area contributed by atoms with E-state index in [-0.39, 0.29) is 12.3 Å². The molecule has 1 saturated heterocycles. The van der Waals surface area contributed by atoms with E-state index in [1.807, 2.05) is 30.3 Å². The van der Waals surface area contributed by atoms with Crippen LogP contribution in [0.2, 0.25) is 10.0 Å². The Hall–Kier alpha value is -1.90. The van der Waals surface area contributed by atoms with Crippen molar-refractivity contribution in [2.75, 3.05) is 38.0 Å². The van der Waals surface area contributed by atoms with Crippen LogP contribution in [0.4, 0.5) is 5.69 Å². The molecule has 0 aromatic heterocycles. The summed E-state index contributed by atoms with van der Waals surface area (Å²) in [5, 5.41) is 4.93. The average Bonchev–Trinajstić information content (AvgIpc) is 2.74. The first-order valence-corrected chi connectivity index (χ1v) is 11.8. The highest BCUT2D eigenvalue weighted by Gasteiger charge is 2.25. The highest BCUT2D eigenvalue weighted by Crippen LogP contribution is 2.25. The summed E-state index contributed by atoms with van der Waals surface area (Å²) in [7, 11) is -3.47. The van der Waals surface area contributed by atoms with Crippen LogP contribution >= 0.6 is 23.2 Å². The summed E-state index contributed by atoms with van der Waals surface area (Å²) in [4.78, 5) is 14.3. The van der Waals surface area contributed by atoms with Crippen LogP contribution in [0.1, 0.15) is 12.0 Å². The van der Waals surface area contributed by atoms with Gasteiger partial charge in [0, 0.05) is 49.6 Å². The number of carbonyl (C=O) groups is 1. The summed E-state index contributed by atoms with van der Waals surface area (Å²) in [6.45, 7) is 2.47. The summed E-state index contributed by atoms with van der Waals surface area (Å²) in [6.07, 6.45) is 1.89. The molecular weight excluding hydrogens is 445 g/mol. The van der Waals surface area contributed by atoms with Crippen molar-refractivity contribution in [3.63, 3.8) is 0 Å². The fourth-order valence-electron chi connectivity index (χ4n) is 3.09. The smallest absolute Gasteiger partial charge is 0.236 e. The number of hydrogen-bond donors (Lipinski definition) is 1. The lowest BCUT2D eigenvalue weighted by Crippen LogP contribution is -2.48. The normalized spacial score (nSPS) is 16.1. The molecule has 0 atom stereocenters. The van der Waals surface area contributed by atoms with Crippen molar-refractivity contribution < 1.29 is 13.2 Å². The van der Waals surface area contributed by atoms with Crippen LogP contribution in [-0.2, 0) is 14.8 Å². The minimum absolute atomic E-state index is 0.167. The van der Waals surface area contributed by atoms with Gasteiger partial charge in [0.2, 0.25) is 15.9 Å². The van der Waals surface area contributed by atoms with E-state index >= 15 is 0 Å². The number of hydrogen-bond acceptors (Lipinski definition) is 4. The number of amides is 1. The second-order valence-electron chi connectivity index (χ2n) is 6.92. The van der Waals surface area contributed by atoms with E-state index in [4.69, 9.17) is 23.2 Å². The third-order valence-electron chi connectivity index (χ3n) is 4.78. The summed E-state index contributed by atoms with van der Waals surface area (Å²) in [5.41, 5.74) is 1.32. The summed E-state index contributed by atoms with van der Waals surface area (Å²) >= 11 is 12.0. The van der Waals surface area contributed by atoms with Crippen molar-refractivity contribution >= 4 is 50.9 Å². The van der Waals surface area contributed by atoms with Gasteiger partial charge in [-0.2, -0.15) is 4.31 Å². The Labute approximate surface area is 187 Å². The Bertz CT molecular complexity index is 1010. The highest BCUT2D eigenvalue weighted by molar-refractivity contribution is 7.92. The number of anilines is 1. The molecule has 160 valence electrons. The molecule has 9 heteroatoms. The lowest BCUT2D eigenvalue weighted by molar-refractivity contribution is -0.116. The first-order valence-electron chi connectivity index (χ1n) is 9.54. The number of nitrogens with one attached hydrogen (secondary N) is 1. The molecule has 6 nitrogen and oxygen atoms in total. The van der Waals surface area contributed by atoms with Crippen LogP contribution in [0.15, 0.2) is 53.9 Å². The molecule has 1 aliphatic rings. The Balaban J connectivity index is 1.45. The fourth-order valence-corrected chi connectivity index (χ4v) is 4.60. The molecule has 0 spiro atoms. The molecule has 0 aliphatic carbocycles. The van der Waals surface area contributed by atoms with Crippen molar-refractivity contribution in [2.45, 2.75) is 6.42 Å². The van der Waals surface area contributed by atoms with Crippen LogP contribution in [0, 0.1) is 0 Å². The molecule has 0 bridgehead atoms. The zero-order valence-electron chi connectivity index (χ0n) is 16.3. The molecule has 0 radical (unpaired) electrons. The highest BCUT2D eigenvalue weighted by atomic mass is 35.5. The van der Waals surface area contributed by atoms with E-state index in [1.54, 1.807) is 24.3 Å². The second kappa shape index (κ2) is 10.4. The summed E-state index contributed by atoms with van der Waals surface area (Å²) in [5.74, 6) is -0.167. The Kier molecular flexibility index (Phi) is 7.91. The zero-order valence-corrected chi connectivity index (χ0v) is 18.6. The average molecular weight is 468 g/mol. The predicted molar refractivity (Wildman–Crippen MR) is 122 cm³/mol. The van der Waals surface area contributed by atoms with E-state index in [0.717, 1.165) is 5.56 Å². The largest absolute Gasteiger partial charge is 0.325 e. The van der Waals surface area contributed by atoms with Crippen LogP contribution in [0.3, 0.4) is 0 Å². The number of piperazine rings is 1. The monoisotopic (exact) mass is 467 g/mol. The Morgan fingerprint density at radius 2 is 1.73 bits per heavy atom. The lowest BCUT2D eigenvalue weighted by atomic mass is 10.2. The number of sulfonamides is 1. The maximum Gasteiger partial charge on any atom is 0.236 e. The molecule has 0 unspecified atom stereocenters. The Morgan fingerprint density at radius 3 is 2.43 bits per heavy atom. The topological polar surface area (TPSA) is 69.7 Å². The number of nitrogens with zero attached hydrogens (tertiary/aromatic N) is 2. The van der Waals surface area contributed by atoms with Crippen LogP contribution in [0.5, 0.6) is 0 Å². The number of benzene rings is 2. The first-order chi connectivity index (χ1) is 14.3. The van der Waals surface area contributed by atoms with Crippen molar-refractivity contribution in [1.29, 1.82) is 0 Å². The van der Waals surface area contributed by atoms with Gasteiger partial charge in [-0.05, 0) is 29.8 Å². The summed E-state index contributed by atoms with van der Waals surface area (Å²) < 4.78 is 26.5. The molecule has 2 aromatic rings. The van der Waals surface area contributed by atoms with E-state index in [9.17, 15) is 13.2 Å². The minimum atomic E-state index is -3.47. The van der Waals surface area contributed by atoms with Crippen molar-refractivity contribution in [2.24, 2.45) is 0 Å². The Morgan fingerprint density at radius 1 is 1.03 bits per heavy atom.